The molecule has 1 aromatic heterocycles. The van der Waals surface area contributed by atoms with Gasteiger partial charge in [-0.2, -0.15) is 4.98 Å². The van der Waals surface area contributed by atoms with Crippen LogP contribution in [0, 0.1) is 0 Å². The average Bonchev–Trinajstić information content (AvgIpc) is 2.51. The highest BCUT2D eigenvalue weighted by Crippen LogP contribution is 2.22. The molecule has 1 aliphatic rings. The predicted octanol–water partition coefficient (Wildman–Crippen LogP) is 4.18. The summed E-state index contributed by atoms with van der Waals surface area (Å²) in [6, 6.07) is 11.8. The van der Waals surface area contributed by atoms with Crippen molar-refractivity contribution < 1.29 is 4.74 Å². The Morgan fingerprint density at radius 3 is 2.81 bits per heavy atom. The van der Waals surface area contributed by atoms with E-state index in [1.807, 2.05) is 30.3 Å². The molecule has 1 atom stereocenters. The van der Waals surface area contributed by atoms with Gasteiger partial charge < -0.3 is 10.1 Å². The monoisotopic (exact) mass is 281 g/mol. The molecule has 3 rings (SSSR count). The fourth-order valence-corrected chi connectivity index (χ4v) is 2.36. The van der Waals surface area contributed by atoms with Crippen LogP contribution >= 0.6 is 0 Å². The second-order valence-corrected chi connectivity index (χ2v) is 5.30. The summed E-state index contributed by atoms with van der Waals surface area (Å²) < 4.78 is 5.72. The zero-order valence-corrected chi connectivity index (χ0v) is 12.1. The first-order valence-electron chi connectivity index (χ1n) is 7.28. The molecule has 0 spiro atoms. The van der Waals surface area contributed by atoms with Crippen LogP contribution < -0.4 is 10.1 Å². The van der Waals surface area contributed by atoms with Crippen LogP contribution in [-0.4, -0.2) is 16.0 Å². The number of allylic oxidation sites excluding steroid dienone is 1. The molecule has 1 aromatic carbocycles. The summed E-state index contributed by atoms with van der Waals surface area (Å²) in [6.45, 7) is 2.18. The van der Waals surface area contributed by atoms with Crippen molar-refractivity contribution in [2.75, 3.05) is 5.32 Å². The quantitative estimate of drug-likeness (QED) is 0.854. The molecule has 21 heavy (non-hydrogen) atoms. The van der Waals surface area contributed by atoms with E-state index in [9.17, 15) is 0 Å². The van der Waals surface area contributed by atoms with E-state index in [2.05, 4.69) is 28.3 Å². The summed E-state index contributed by atoms with van der Waals surface area (Å²) in [5.74, 6) is 1.96. The lowest BCUT2D eigenvalue weighted by molar-refractivity contribution is 0.461. The van der Waals surface area contributed by atoms with Gasteiger partial charge in [-0.15, -0.1) is 0 Å². The first-order valence-corrected chi connectivity index (χ1v) is 7.28. The van der Waals surface area contributed by atoms with Crippen molar-refractivity contribution in [3.63, 3.8) is 0 Å². The number of benzene rings is 1. The molecule has 2 aromatic rings. The van der Waals surface area contributed by atoms with Crippen LogP contribution in [0.2, 0.25) is 0 Å². The molecule has 4 nitrogen and oxygen atoms in total. The van der Waals surface area contributed by atoms with Crippen molar-refractivity contribution in [3.05, 3.63) is 54.2 Å². The summed E-state index contributed by atoms with van der Waals surface area (Å²) in [5, 5.41) is 3.38. The third-order valence-corrected chi connectivity index (χ3v) is 3.57. The Kier molecular flexibility index (Phi) is 4.15. The lowest BCUT2D eigenvalue weighted by atomic mass is 9.96. The highest BCUT2D eigenvalue weighted by molar-refractivity contribution is 5.32. The minimum Gasteiger partial charge on any atom is -0.439 e. The number of rotatable bonds is 4. The molecule has 0 amide bonds. The fourth-order valence-electron chi connectivity index (χ4n) is 2.36. The van der Waals surface area contributed by atoms with Gasteiger partial charge in [-0.1, -0.05) is 29.8 Å². The van der Waals surface area contributed by atoms with Crippen LogP contribution in [0.15, 0.2) is 54.2 Å². The Balaban J connectivity index is 1.66. The van der Waals surface area contributed by atoms with E-state index < -0.39 is 0 Å². The molecule has 0 bridgehead atoms. The van der Waals surface area contributed by atoms with Crippen molar-refractivity contribution in [3.8, 4) is 11.6 Å². The first-order chi connectivity index (χ1) is 10.3. The van der Waals surface area contributed by atoms with E-state index in [1.165, 1.54) is 5.57 Å². The second-order valence-electron chi connectivity index (χ2n) is 5.30. The topological polar surface area (TPSA) is 47.0 Å². The van der Waals surface area contributed by atoms with E-state index in [4.69, 9.17) is 4.74 Å². The van der Waals surface area contributed by atoms with Gasteiger partial charge in [0.25, 0.3) is 0 Å². The van der Waals surface area contributed by atoms with Gasteiger partial charge in [0, 0.05) is 18.3 Å². The average molecular weight is 281 g/mol. The molecule has 0 aliphatic heterocycles. The van der Waals surface area contributed by atoms with Crippen LogP contribution in [0.25, 0.3) is 0 Å². The van der Waals surface area contributed by atoms with E-state index in [1.54, 1.807) is 12.3 Å². The number of aromatic nitrogens is 2. The zero-order chi connectivity index (χ0) is 14.5. The minimum absolute atomic E-state index is 0.403. The smallest absolute Gasteiger partial charge is 0.226 e. The summed E-state index contributed by atoms with van der Waals surface area (Å²) >= 11 is 0. The Labute approximate surface area is 124 Å². The van der Waals surface area contributed by atoms with Gasteiger partial charge in [0.1, 0.15) is 5.75 Å². The highest BCUT2D eigenvalue weighted by Gasteiger charge is 2.13. The summed E-state index contributed by atoms with van der Waals surface area (Å²) in [4.78, 5) is 8.69. The molecule has 108 valence electrons. The summed E-state index contributed by atoms with van der Waals surface area (Å²) in [7, 11) is 0. The molecule has 0 fully saturated rings. The molecule has 1 aliphatic carbocycles. The van der Waals surface area contributed by atoms with Crippen LogP contribution in [0.5, 0.6) is 11.6 Å². The number of hydrogen-bond donors (Lipinski definition) is 1. The highest BCUT2D eigenvalue weighted by atomic mass is 16.5. The van der Waals surface area contributed by atoms with Gasteiger partial charge >= 0.3 is 0 Å². The van der Waals surface area contributed by atoms with Crippen LogP contribution in [0.1, 0.15) is 26.2 Å². The van der Waals surface area contributed by atoms with Crippen molar-refractivity contribution in [1.82, 2.24) is 9.97 Å². The zero-order valence-electron chi connectivity index (χ0n) is 12.1. The third-order valence-electron chi connectivity index (χ3n) is 3.57. The molecular weight excluding hydrogens is 262 g/mol. The maximum atomic E-state index is 5.72. The van der Waals surface area contributed by atoms with Gasteiger partial charge in [-0.25, -0.2) is 4.98 Å². The molecule has 1 unspecified atom stereocenters. The van der Waals surface area contributed by atoms with Crippen LogP contribution in [-0.2, 0) is 0 Å². The number of para-hydroxylation sites is 1. The van der Waals surface area contributed by atoms with E-state index >= 15 is 0 Å². The van der Waals surface area contributed by atoms with E-state index in [-0.39, 0.29) is 0 Å². The third kappa shape index (κ3) is 3.81. The summed E-state index contributed by atoms with van der Waals surface area (Å²) in [6.07, 6.45) is 7.29. The molecule has 4 heteroatoms. The standard InChI is InChI=1S/C17H19N3O/c1-13-7-9-14(10-8-13)19-17-18-12-11-16(20-17)21-15-5-3-2-4-6-15/h2-7,11-12,14H,8-10H2,1H3,(H,18,19,20). The lowest BCUT2D eigenvalue weighted by Gasteiger charge is -2.21. The number of ether oxygens (including phenoxy) is 1. The number of nitrogens with zero attached hydrogens (tertiary/aromatic N) is 2. The van der Waals surface area contributed by atoms with Gasteiger partial charge in [0.15, 0.2) is 0 Å². The Morgan fingerprint density at radius 1 is 1.19 bits per heavy atom. The SMILES string of the molecule is CC1=CCC(Nc2nccc(Oc3ccccc3)n2)CC1. The van der Waals surface area contributed by atoms with Gasteiger partial charge in [-0.05, 0) is 38.3 Å². The van der Waals surface area contributed by atoms with Gasteiger partial charge in [0.2, 0.25) is 11.8 Å². The number of hydrogen-bond acceptors (Lipinski definition) is 4. The normalized spacial score (nSPS) is 18.0. The van der Waals surface area contributed by atoms with Gasteiger partial charge in [0.05, 0.1) is 0 Å². The van der Waals surface area contributed by atoms with E-state index in [0.717, 1.165) is 25.0 Å². The second kappa shape index (κ2) is 6.39. The Bertz CT molecular complexity index is 625. The van der Waals surface area contributed by atoms with Crippen molar-refractivity contribution >= 4 is 5.95 Å². The first kappa shape index (κ1) is 13.6. The van der Waals surface area contributed by atoms with Crippen molar-refractivity contribution in [2.24, 2.45) is 0 Å². The fraction of sp³-hybridized carbons (Fsp3) is 0.294. The van der Waals surface area contributed by atoms with Crippen LogP contribution in [0.4, 0.5) is 5.95 Å². The number of nitrogens with one attached hydrogen (secondary N) is 1. The Morgan fingerprint density at radius 2 is 2.05 bits per heavy atom. The lowest BCUT2D eigenvalue weighted by Crippen LogP contribution is -2.22. The van der Waals surface area contributed by atoms with Crippen LogP contribution in [0.3, 0.4) is 0 Å². The minimum atomic E-state index is 0.403. The molecule has 0 radical (unpaired) electrons. The predicted molar refractivity (Wildman–Crippen MR) is 83.6 cm³/mol. The van der Waals surface area contributed by atoms with E-state index in [0.29, 0.717) is 17.9 Å². The van der Waals surface area contributed by atoms with Crippen molar-refractivity contribution in [1.29, 1.82) is 0 Å². The molecule has 0 saturated carbocycles. The largest absolute Gasteiger partial charge is 0.439 e. The van der Waals surface area contributed by atoms with Gasteiger partial charge in [-0.3, -0.25) is 0 Å². The maximum Gasteiger partial charge on any atom is 0.226 e. The molecule has 1 N–H and O–H groups in total. The Hall–Kier alpha value is -2.36. The molecule has 1 heterocycles. The molecule has 0 saturated heterocycles. The maximum absolute atomic E-state index is 5.72. The molecular formula is C17H19N3O. The van der Waals surface area contributed by atoms with Crippen molar-refractivity contribution in [2.45, 2.75) is 32.2 Å². The summed E-state index contributed by atoms with van der Waals surface area (Å²) in [5.41, 5.74) is 1.47. The number of anilines is 1.